The second kappa shape index (κ2) is 9.08. The zero-order valence-electron chi connectivity index (χ0n) is 16.1. The van der Waals surface area contributed by atoms with Crippen LogP contribution in [-0.4, -0.2) is 29.7 Å². The number of rotatable bonds is 7. The lowest BCUT2D eigenvalue weighted by molar-refractivity contribution is 0.242. The second-order valence-electron chi connectivity index (χ2n) is 6.20. The molecule has 0 aliphatic rings. The van der Waals surface area contributed by atoms with Crippen LogP contribution in [0, 0.1) is 0 Å². The maximum absolute atomic E-state index is 6.36. The molecule has 1 aromatic heterocycles. The van der Waals surface area contributed by atoms with Crippen molar-refractivity contribution in [2.24, 2.45) is 0 Å². The van der Waals surface area contributed by atoms with E-state index < -0.39 is 0 Å². The molecule has 0 aliphatic heterocycles. The summed E-state index contributed by atoms with van der Waals surface area (Å²) in [5.74, 6) is 1.95. The molecule has 0 aliphatic carbocycles. The van der Waals surface area contributed by atoms with Gasteiger partial charge in [0.1, 0.15) is 16.5 Å². The van der Waals surface area contributed by atoms with E-state index in [4.69, 9.17) is 25.8 Å². The molecule has 0 fully saturated rings. The first-order valence-corrected chi connectivity index (χ1v) is 9.85. The Morgan fingerprint density at radius 2 is 1.96 bits per heavy atom. The zero-order chi connectivity index (χ0) is 20.1. The molecule has 0 amide bonds. The number of hydrogen-bond donors (Lipinski definition) is 0. The van der Waals surface area contributed by atoms with Crippen molar-refractivity contribution < 1.29 is 14.2 Å². The predicted octanol–water partition coefficient (Wildman–Crippen LogP) is 5.94. The van der Waals surface area contributed by atoms with E-state index >= 15 is 0 Å². The fraction of sp³-hybridized carbons (Fsp3) is 0.238. The Balaban J connectivity index is 1.95. The van der Waals surface area contributed by atoms with Gasteiger partial charge in [-0.25, -0.2) is 4.98 Å². The summed E-state index contributed by atoms with van der Waals surface area (Å²) in [5, 5.41) is 1.32. The lowest BCUT2D eigenvalue weighted by atomic mass is 10.1. The van der Waals surface area contributed by atoms with Gasteiger partial charge in [0.05, 0.1) is 37.2 Å². The molecule has 28 heavy (non-hydrogen) atoms. The van der Waals surface area contributed by atoms with Gasteiger partial charge in [-0.1, -0.05) is 23.7 Å². The van der Waals surface area contributed by atoms with Crippen LogP contribution >= 0.6 is 23.1 Å². The number of methoxy groups -OCH3 is 2. The summed E-state index contributed by atoms with van der Waals surface area (Å²) in [6, 6.07) is 11.4. The SMILES string of the molecule is CO/C=C/c1cccc(-c2nsc(-c3ccc(OC(C)C)c(Cl)c3)n2)c1OC. The van der Waals surface area contributed by atoms with Gasteiger partial charge in [0.2, 0.25) is 0 Å². The van der Waals surface area contributed by atoms with Crippen LogP contribution in [0.5, 0.6) is 11.5 Å². The van der Waals surface area contributed by atoms with Crippen LogP contribution in [0.2, 0.25) is 5.02 Å². The highest BCUT2D eigenvalue weighted by Gasteiger charge is 2.16. The van der Waals surface area contributed by atoms with Crippen LogP contribution in [0.4, 0.5) is 0 Å². The number of nitrogens with zero attached hydrogens (tertiary/aromatic N) is 2. The van der Waals surface area contributed by atoms with Gasteiger partial charge in [0, 0.05) is 11.1 Å². The highest BCUT2D eigenvalue weighted by Crippen LogP contribution is 2.36. The third-order valence-electron chi connectivity index (χ3n) is 3.84. The van der Waals surface area contributed by atoms with Gasteiger partial charge < -0.3 is 14.2 Å². The molecule has 146 valence electrons. The summed E-state index contributed by atoms with van der Waals surface area (Å²) in [6.45, 7) is 3.93. The van der Waals surface area contributed by atoms with Crippen LogP contribution in [0.1, 0.15) is 19.4 Å². The summed E-state index contributed by atoms with van der Waals surface area (Å²) in [5.41, 5.74) is 2.59. The molecule has 0 atom stereocenters. The number of ether oxygens (including phenoxy) is 3. The summed E-state index contributed by atoms with van der Waals surface area (Å²) in [4.78, 5) is 4.69. The Bertz CT molecular complexity index is 986. The maximum Gasteiger partial charge on any atom is 0.177 e. The smallest absolute Gasteiger partial charge is 0.177 e. The minimum atomic E-state index is 0.0587. The van der Waals surface area contributed by atoms with Crippen molar-refractivity contribution in [2.45, 2.75) is 20.0 Å². The first-order chi connectivity index (χ1) is 13.5. The van der Waals surface area contributed by atoms with Crippen molar-refractivity contribution in [2.75, 3.05) is 14.2 Å². The van der Waals surface area contributed by atoms with Crippen molar-refractivity contribution in [3.8, 4) is 33.5 Å². The molecule has 0 saturated heterocycles. The van der Waals surface area contributed by atoms with Gasteiger partial charge in [-0.15, -0.1) is 0 Å². The van der Waals surface area contributed by atoms with E-state index in [1.54, 1.807) is 20.5 Å². The molecule has 3 aromatic rings. The minimum absolute atomic E-state index is 0.0587. The summed E-state index contributed by atoms with van der Waals surface area (Å²) in [6.07, 6.45) is 3.50. The molecule has 0 bridgehead atoms. The average molecular weight is 417 g/mol. The zero-order valence-corrected chi connectivity index (χ0v) is 17.7. The van der Waals surface area contributed by atoms with Gasteiger partial charge in [-0.2, -0.15) is 4.37 Å². The van der Waals surface area contributed by atoms with Crippen LogP contribution in [0.3, 0.4) is 0 Å². The Labute approximate surface area is 173 Å². The van der Waals surface area contributed by atoms with Crippen molar-refractivity contribution in [1.29, 1.82) is 0 Å². The second-order valence-corrected chi connectivity index (χ2v) is 7.36. The molecule has 2 aromatic carbocycles. The topological polar surface area (TPSA) is 53.5 Å². The fourth-order valence-electron chi connectivity index (χ4n) is 2.66. The molecule has 5 nitrogen and oxygen atoms in total. The number of benzene rings is 2. The number of aromatic nitrogens is 2. The molecule has 0 unspecified atom stereocenters. The van der Waals surface area contributed by atoms with E-state index in [1.807, 2.05) is 56.3 Å². The number of hydrogen-bond acceptors (Lipinski definition) is 6. The Hall–Kier alpha value is -2.57. The van der Waals surface area contributed by atoms with Crippen LogP contribution < -0.4 is 9.47 Å². The van der Waals surface area contributed by atoms with E-state index in [9.17, 15) is 0 Å². The van der Waals surface area contributed by atoms with Gasteiger partial charge in [-0.3, -0.25) is 0 Å². The van der Waals surface area contributed by atoms with Crippen LogP contribution in [-0.2, 0) is 4.74 Å². The van der Waals surface area contributed by atoms with Crippen molar-refractivity contribution in [3.05, 3.63) is 53.2 Å². The summed E-state index contributed by atoms with van der Waals surface area (Å²) < 4.78 is 20.8. The summed E-state index contributed by atoms with van der Waals surface area (Å²) in [7, 11) is 3.23. The Kier molecular flexibility index (Phi) is 6.54. The van der Waals surface area contributed by atoms with Crippen LogP contribution in [0.25, 0.3) is 28.0 Å². The quantitative estimate of drug-likeness (QED) is 0.446. The largest absolute Gasteiger partial charge is 0.504 e. The lowest BCUT2D eigenvalue weighted by Crippen LogP contribution is -2.05. The monoisotopic (exact) mass is 416 g/mol. The minimum Gasteiger partial charge on any atom is -0.504 e. The van der Waals surface area contributed by atoms with E-state index in [2.05, 4.69) is 9.36 Å². The van der Waals surface area contributed by atoms with Crippen LogP contribution in [0.15, 0.2) is 42.7 Å². The molecular formula is C21H21ClN2O3S. The third-order valence-corrected chi connectivity index (χ3v) is 4.90. The molecule has 0 radical (unpaired) electrons. The van der Waals surface area contributed by atoms with Crippen molar-refractivity contribution in [1.82, 2.24) is 9.36 Å². The Morgan fingerprint density at radius 3 is 2.64 bits per heavy atom. The van der Waals surface area contributed by atoms with E-state index in [-0.39, 0.29) is 6.10 Å². The van der Waals surface area contributed by atoms with Crippen molar-refractivity contribution in [3.63, 3.8) is 0 Å². The lowest BCUT2D eigenvalue weighted by Gasteiger charge is -2.11. The standard InChI is InChI=1S/C21H21ClN2O3S/c1-13(2)27-18-9-8-15(12-17(18)22)21-23-20(24-28-21)16-7-5-6-14(10-11-25-3)19(16)26-4/h5-13H,1-4H3/b11-10+. The van der Waals surface area contributed by atoms with Gasteiger partial charge in [0.25, 0.3) is 0 Å². The average Bonchev–Trinajstić information content (AvgIpc) is 3.17. The number of para-hydroxylation sites is 1. The van der Waals surface area contributed by atoms with E-state index in [0.717, 1.165) is 21.7 Å². The van der Waals surface area contributed by atoms with Gasteiger partial charge >= 0.3 is 0 Å². The third kappa shape index (κ3) is 4.46. The summed E-state index contributed by atoms with van der Waals surface area (Å²) >= 11 is 7.67. The molecule has 0 spiro atoms. The highest BCUT2D eigenvalue weighted by atomic mass is 35.5. The molecular weight excluding hydrogens is 396 g/mol. The van der Waals surface area contributed by atoms with E-state index in [0.29, 0.717) is 22.3 Å². The first-order valence-electron chi connectivity index (χ1n) is 8.70. The van der Waals surface area contributed by atoms with Crippen molar-refractivity contribution >= 4 is 29.2 Å². The van der Waals surface area contributed by atoms with E-state index in [1.165, 1.54) is 11.5 Å². The predicted molar refractivity (Wildman–Crippen MR) is 114 cm³/mol. The fourth-order valence-corrected chi connectivity index (χ4v) is 3.56. The van der Waals surface area contributed by atoms with Gasteiger partial charge in [-0.05, 0) is 55.7 Å². The first kappa shape index (κ1) is 20.2. The number of halogens is 1. The highest BCUT2D eigenvalue weighted by molar-refractivity contribution is 7.09. The molecule has 1 heterocycles. The maximum atomic E-state index is 6.36. The van der Waals surface area contributed by atoms with Gasteiger partial charge in [0.15, 0.2) is 5.82 Å². The molecule has 7 heteroatoms. The normalized spacial score (nSPS) is 11.2. The molecule has 0 saturated carbocycles. The molecule has 0 N–H and O–H groups in total. The Morgan fingerprint density at radius 1 is 1.14 bits per heavy atom. The molecule has 3 rings (SSSR count).